The Morgan fingerprint density at radius 1 is 1.21 bits per heavy atom. The lowest BCUT2D eigenvalue weighted by molar-refractivity contribution is -0.186. The number of carbonyl (C=O) groups is 1. The van der Waals surface area contributed by atoms with E-state index in [0.717, 1.165) is 17.2 Å². The fourth-order valence-electron chi connectivity index (χ4n) is 2.36. The lowest BCUT2D eigenvalue weighted by Crippen LogP contribution is -2.46. The molecule has 1 saturated heterocycles. The van der Waals surface area contributed by atoms with Gasteiger partial charge >= 0.3 is 18.3 Å². The topological polar surface area (TPSA) is 58.1 Å². The number of carbonyl (C=O) groups excluding carboxylic acids is 1. The Kier molecular flexibility index (Phi) is 5.19. The predicted octanol–water partition coefficient (Wildman–Crippen LogP) is 2.71. The largest absolute Gasteiger partial charge is 0.471 e. The third kappa shape index (κ3) is 4.71. The maximum absolute atomic E-state index is 12.5. The molecule has 5 nitrogen and oxygen atoms in total. The average Bonchev–Trinajstić information content (AvgIpc) is 2.51. The lowest BCUT2D eigenvalue weighted by Gasteiger charge is -2.32. The van der Waals surface area contributed by atoms with Crippen LogP contribution in [0.5, 0.6) is 0 Å². The Hall–Kier alpha value is -2.07. The highest BCUT2D eigenvalue weighted by atomic mass is 19.4. The van der Waals surface area contributed by atoms with Crippen molar-refractivity contribution in [1.29, 1.82) is 0 Å². The molecule has 2 heterocycles. The predicted molar refractivity (Wildman–Crippen MR) is 70.9 cm³/mol. The number of aromatic nitrogens is 2. The van der Waals surface area contributed by atoms with E-state index < -0.39 is 24.0 Å². The molecule has 1 amide bonds. The molecule has 0 radical (unpaired) electrons. The van der Waals surface area contributed by atoms with Crippen LogP contribution in [0, 0.1) is 5.92 Å². The zero-order chi connectivity index (χ0) is 18.0. The molecule has 0 aliphatic carbocycles. The maximum atomic E-state index is 12.5. The van der Waals surface area contributed by atoms with Crippen LogP contribution in [0.3, 0.4) is 0 Å². The van der Waals surface area contributed by atoms with Gasteiger partial charge in [0.1, 0.15) is 5.69 Å². The zero-order valence-corrected chi connectivity index (χ0v) is 12.3. The second-order valence-corrected chi connectivity index (χ2v) is 5.38. The molecule has 0 atom stereocenters. The van der Waals surface area contributed by atoms with Crippen LogP contribution in [0.15, 0.2) is 12.3 Å². The summed E-state index contributed by atoms with van der Waals surface area (Å²) in [6, 6.07) is 0.742. The fraction of sp³-hybridized carbons (Fsp3) is 0.615. The van der Waals surface area contributed by atoms with Crippen molar-refractivity contribution in [2.24, 2.45) is 5.92 Å². The monoisotopic (exact) mass is 356 g/mol. The molecule has 1 aromatic rings. The van der Waals surface area contributed by atoms with Crippen molar-refractivity contribution in [2.45, 2.75) is 25.2 Å². The Labute approximate surface area is 133 Å². The number of rotatable bonds is 3. The molecule has 2 rings (SSSR count). The van der Waals surface area contributed by atoms with E-state index in [1.165, 1.54) is 0 Å². The van der Waals surface area contributed by atoms with Crippen LogP contribution in [0.1, 0.15) is 18.5 Å². The Morgan fingerprint density at radius 3 is 2.38 bits per heavy atom. The molecular weight excluding hydrogens is 342 g/mol. The van der Waals surface area contributed by atoms with Gasteiger partial charge in [0.05, 0.1) is 0 Å². The Morgan fingerprint density at radius 2 is 1.83 bits per heavy atom. The third-order valence-electron chi connectivity index (χ3n) is 3.64. The third-order valence-corrected chi connectivity index (χ3v) is 3.64. The highest BCUT2D eigenvalue weighted by Gasteiger charge is 2.43. The minimum Gasteiger partial charge on any atom is -0.354 e. The summed E-state index contributed by atoms with van der Waals surface area (Å²) in [5.41, 5.74) is -1.08. The Balaban J connectivity index is 1.84. The summed E-state index contributed by atoms with van der Waals surface area (Å²) in [6.45, 7) is 0.123. The average molecular weight is 356 g/mol. The SMILES string of the molecule is O=C(N1CCC(CNc2nccc(C(F)(F)F)n2)CC1)C(F)(F)F. The molecule has 0 spiro atoms. The number of halogens is 6. The van der Waals surface area contributed by atoms with Gasteiger partial charge in [0, 0.05) is 25.8 Å². The number of piperidine rings is 1. The second-order valence-electron chi connectivity index (χ2n) is 5.38. The number of alkyl halides is 6. The van der Waals surface area contributed by atoms with Gasteiger partial charge in [0.25, 0.3) is 0 Å². The Bertz CT molecular complexity index is 581. The standard InChI is InChI=1S/C13H14F6N4O/c14-12(15,16)9-1-4-20-11(22-9)21-7-8-2-5-23(6-3-8)10(24)13(17,18)19/h1,4,8H,2-3,5-7H2,(H,20,21,22). The lowest BCUT2D eigenvalue weighted by atomic mass is 9.97. The van der Waals surface area contributed by atoms with Gasteiger partial charge in [-0.3, -0.25) is 4.79 Å². The molecule has 1 aliphatic rings. The molecular formula is C13H14F6N4O. The summed E-state index contributed by atoms with van der Waals surface area (Å²) < 4.78 is 74.6. The van der Waals surface area contributed by atoms with Gasteiger partial charge in [-0.15, -0.1) is 0 Å². The van der Waals surface area contributed by atoms with Gasteiger partial charge in [0.15, 0.2) is 0 Å². The van der Waals surface area contributed by atoms with Crippen molar-refractivity contribution in [2.75, 3.05) is 25.0 Å². The summed E-state index contributed by atoms with van der Waals surface area (Å²) >= 11 is 0. The first-order valence-electron chi connectivity index (χ1n) is 7.07. The highest BCUT2D eigenvalue weighted by Crippen LogP contribution is 2.28. The minimum atomic E-state index is -4.89. The molecule has 1 N–H and O–H groups in total. The highest BCUT2D eigenvalue weighted by molar-refractivity contribution is 5.81. The molecule has 0 aromatic carbocycles. The molecule has 0 saturated carbocycles. The van der Waals surface area contributed by atoms with E-state index in [0.29, 0.717) is 12.8 Å². The number of nitrogens with one attached hydrogen (secondary N) is 1. The molecule has 24 heavy (non-hydrogen) atoms. The van der Waals surface area contributed by atoms with E-state index in [-0.39, 0.29) is 31.5 Å². The molecule has 1 fully saturated rings. The molecule has 0 bridgehead atoms. The van der Waals surface area contributed by atoms with Crippen LogP contribution in [-0.2, 0) is 11.0 Å². The quantitative estimate of drug-likeness (QED) is 0.846. The van der Waals surface area contributed by atoms with E-state index in [2.05, 4.69) is 15.3 Å². The number of likely N-dealkylation sites (tertiary alicyclic amines) is 1. The van der Waals surface area contributed by atoms with E-state index in [1.807, 2.05) is 0 Å². The van der Waals surface area contributed by atoms with Crippen LogP contribution in [0.4, 0.5) is 32.3 Å². The normalized spacial score (nSPS) is 17.0. The number of hydrogen-bond acceptors (Lipinski definition) is 4. The first-order valence-corrected chi connectivity index (χ1v) is 7.07. The number of anilines is 1. The van der Waals surface area contributed by atoms with Crippen molar-refractivity contribution in [3.05, 3.63) is 18.0 Å². The van der Waals surface area contributed by atoms with Crippen LogP contribution in [-0.4, -0.2) is 46.6 Å². The van der Waals surface area contributed by atoms with Crippen molar-refractivity contribution in [3.8, 4) is 0 Å². The van der Waals surface area contributed by atoms with Gasteiger partial charge in [-0.2, -0.15) is 26.3 Å². The summed E-state index contributed by atoms with van der Waals surface area (Å²) in [4.78, 5) is 18.8. The van der Waals surface area contributed by atoms with E-state index in [9.17, 15) is 31.1 Å². The second kappa shape index (κ2) is 6.81. The molecule has 11 heteroatoms. The molecule has 1 aromatic heterocycles. The van der Waals surface area contributed by atoms with Crippen LogP contribution >= 0.6 is 0 Å². The van der Waals surface area contributed by atoms with Crippen LogP contribution in [0.25, 0.3) is 0 Å². The molecule has 134 valence electrons. The van der Waals surface area contributed by atoms with E-state index in [4.69, 9.17) is 0 Å². The van der Waals surface area contributed by atoms with Crippen molar-refractivity contribution in [1.82, 2.24) is 14.9 Å². The summed E-state index contributed by atoms with van der Waals surface area (Å²) in [5.74, 6) is -2.14. The van der Waals surface area contributed by atoms with Crippen molar-refractivity contribution in [3.63, 3.8) is 0 Å². The first-order chi connectivity index (χ1) is 11.1. The summed E-state index contributed by atoms with van der Waals surface area (Å²) in [7, 11) is 0. The first kappa shape index (κ1) is 18.3. The molecule has 0 unspecified atom stereocenters. The van der Waals surface area contributed by atoms with Crippen molar-refractivity contribution < 1.29 is 31.1 Å². The summed E-state index contributed by atoms with van der Waals surface area (Å²) in [5, 5.41) is 2.65. The van der Waals surface area contributed by atoms with Crippen molar-refractivity contribution >= 4 is 11.9 Å². The van der Waals surface area contributed by atoms with Gasteiger partial charge in [-0.1, -0.05) is 0 Å². The smallest absolute Gasteiger partial charge is 0.354 e. The number of amides is 1. The number of hydrogen-bond donors (Lipinski definition) is 1. The summed E-state index contributed by atoms with van der Waals surface area (Å²) in [6.07, 6.45) is -7.87. The zero-order valence-electron chi connectivity index (χ0n) is 12.3. The number of nitrogens with zero attached hydrogens (tertiary/aromatic N) is 3. The van der Waals surface area contributed by atoms with E-state index >= 15 is 0 Å². The van der Waals surface area contributed by atoms with E-state index in [1.54, 1.807) is 0 Å². The fourth-order valence-corrected chi connectivity index (χ4v) is 2.36. The van der Waals surface area contributed by atoms with Crippen LogP contribution in [0.2, 0.25) is 0 Å². The van der Waals surface area contributed by atoms with Gasteiger partial charge in [0.2, 0.25) is 5.95 Å². The minimum absolute atomic E-state index is 0.0475. The molecule has 1 aliphatic heterocycles. The van der Waals surface area contributed by atoms with Gasteiger partial charge < -0.3 is 10.2 Å². The van der Waals surface area contributed by atoms with Crippen LogP contribution < -0.4 is 5.32 Å². The maximum Gasteiger partial charge on any atom is 0.471 e. The van der Waals surface area contributed by atoms with Gasteiger partial charge in [-0.25, -0.2) is 9.97 Å². The van der Waals surface area contributed by atoms with Gasteiger partial charge in [-0.05, 0) is 24.8 Å².